The molecule has 1 N–H and O–H groups in total. The Hall–Kier alpha value is -4.32. The SMILES string of the molecule is COCCNCc1cnc(-c2cc3nccc(Oc4ccc(CC(=O)CC(=O)Cc5ccccc5F)cc4F)c3s2)n1C. The largest absolute Gasteiger partial charge is 0.453 e. The molecule has 43 heavy (non-hydrogen) atoms. The van der Waals surface area contributed by atoms with Crippen molar-refractivity contribution in [3.8, 4) is 22.2 Å². The predicted molar refractivity (Wildman–Crippen MR) is 160 cm³/mol. The van der Waals surface area contributed by atoms with Gasteiger partial charge in [-0.25, -0.2) is 13.8 Å². The molecule has 5 aromatic rings. The van der Waals surface area contributed by atoms with Crippen molar-refractivity contribution < 1.29 is 27.8 Å². The third kappa shape index (κ3) is 7.37. The lowest BCUT2D eigenvalue weighted by Gasteiger charge is -2.09. The first-order chi connectivity index (χ1) is 20.8. The minimum atomic E-state index is -0.639. The first-order valence-corrected chi connectivity index (χ1v) is 14.5. The van der Waals surface area contributed by atoms with Gasteiger partial charge in [0.25, 0.3) is 0 Å². The number of ketones is 2. The van der Waals surface area contributed by atoms with E-state index in [1.54, 1.807) is 31.5 Å². The molecule has 0 unspecified atom stereocenters. The van der Waals surface area contributed by atoms with Gasteiger partial charge in [0.15, 0.2) is 11.6 Å². The van der Waals surface area contributed by atoms with E-state index in [1.807, 2.05) is 23.9 Å². The zero-order valence-corrected chi connectivity index (χ0v) is 24.5. The number of hydrogen-bond acceptors (Lipinski definition) is 8. The van der Waals surface area contributed by atoms with Gasteiger partial charge in [0.2, 0.25) is 0 Å². The summed E-state index contributed by atoms with van der Waals surface area (Å²) in [5, 5.41) is 3.31. The van der Waals surface area contributed by atoms with Crippen LogP contribution >= 0.6 is 11.3 Å². The number of carbonyl (C=O) groups is 2. The smallest absolute Gasteiger partial charge is 0.166 e. The first kappa shape index (κ1) is 30.1. The van der Waals surface area contributed by atoms with E-state index >= 15 is 4.39 Å². The quantitative estimate of drug-likeness (QED) is 0.126. The number of ether oxygens (including phenoxy) is 2. The maximum atomic E-state index is 15.1. The van der Waals surface area contributed by atoms with Gasteiger partial charge in [-0.1, -0.05) is 24.3 Å². The van der Waals surface area contributed by atoms with Gasteiger partial charge in [-0.3, -0.25) is 14.6 Å². The van der Waals surface area contributed by atoms with Crippen molar-refractivity contribution in [2.24, 2.45) is 7.05 Å². The molecule has 0 amide bonds. The van der Waals surface area contributed by atoms with E-state index in [2.05, 4.69) is 15.3 Å². The highest BCUT2D eigenvalue weighted by Crippen LogP contribution is 2.39. The lowest BCUT2D eigenvalue weighted by atomic mass is 10.0. The van der Waals surface area contributed by atoms with Gasteiger partial charge in [0.1, 0.15) is 29.0 Å². The van der Waals surface area contributed by atoms with E-state index in [4.69, 9.17) is 9.47 Å². The van der Waals surface area contributed by atoms with Crippen molar-refractivity contribution in [1.29, 1.82) is 0 Å². The van der Waals surface area contributed by atoms with Crippen molar-refractivity contribution in [2.45, 2.75) is 25.8 Å². The number of thiophene rings is 1. The Morgan fingerprint density at radius 2 is 1.79 bits per heavy atom. The molecule has 2 aromatic carbocycles. The van der Waals surface area contributed by atoms with Gasteiger partial charge in [0.05, 0.1) is 40.0 Å². The number of methoxy groups -OCH3 is 1. The van der Waals surface area contributed by atoms with Crippen LogP contribution in [0.15, 0.2) is 67.0 Å². The number of halogens is 2. The number of benzene rings is 2. The van der Waals surface area contributed by atoms with E-state index in [9.17, 15) is 14.0 Å². The van der Waals surface area contributed by atoms with Crippen molar-refractivity contribution in [3.63, 3.8) is 0 Å². The molecular formula is C32H30F2N4O4S. The van der Waals surface area contributed by atoms with E-state index in [0.717, 1.165) is 27.6 Å². The summed E-state index contributed by atoms with van der Waals surface area (Å²) in [4.78, 5) is 34.7. The summed E-state index contributed by atoms with van der Waals surface area (Å²) in [7, 11) is 3.61. The Labute approximate surface area is 251 Å². The number of aromatic nitrogens is 3. The maximum Gasteiger partial charge on any atom is 0.166 e. The predicted octanol–water partition coefficient (Wildman–Crippen LogP) is 5.82. The van der Waals surface area contributed by atoms with Crippen LogP contribution in [0, 0.1) is 11.6 Å². The number of rotatable bonds is 14. The maximum absolute atomic E-state index is 15.1. The number of imidazole rings is 1. The van der Waals surface area contributed by atoms with Crippen LogP contribution in [0.4, 0.5) is 8.78 Å². The Kier molecular flexibility index (Phi) is 9.65. The number of pyridine rings is 1. The highest BCUT2D eigenvalue weighted by molar-refractivity contribution is 7.22. The molecule has 8 nitrogen and oxygen atoms in total. The van der Waals surface area contributed by atoms with Crippen LogP contribution in [-0.2, 0) is 40.8 Å². The van der Waals surface area contributed by atoms with Crippen LogP contribution < -0.4 is 10.1 Å². The molecule has 5 rings (SSSR count). The lowest BCUT2D eigenvalue weighted by Crippen LogP contribution is -2.20. The molecule has 0 radical (unpaired) electrons. The number of nitrogens with zero attached hydrogens (tertiary/aromatic N) is 3. The molecule has 3 aromatic heterocycles. The summed E-state index contributed by atoms with van der Waals surface area (Å²) in [5.41, 5.74) is 2.37. The zero-order valence-electron chi connectivity index (χ0n) is 23.7. The fourth-order valence-corrected chi connectivity index (χ4v) is 5.71. The highest BCUT2D eigenvalue weighted by Gasteiger charge is 2.18. The van der Waals surface area contributed by atoms with Gasteiger partial charge in [-0.2, -0.15) is 0 Å². The summed E-state index contributed by atoms with van der Waals surface area (Å²) in [6, 6.07) is 13.8. The second kappa shape index (κ2) is 13.8. The van der Waals surface area contributed by atoms with Gasteiger partial charge < -0.3 is 19.4 Å². The Morgan fingerprint density at radius 1 is 0.977 bits per heavy atom. The van der Waals surface area contributed by atoms with Gasteiger partial charge in [0, 0.05) is 52.4 Å². The minimum absolute atomic E-state index is 0.00399. The molecular weight excluding hydrogens is 574 g/mol. The van der Waals surface area contributed by atoms with Crippen LogP contribution in [0.25, 0.3) is 20.9 Å². The Balaban J connectivity index is 1.25. The van der Waals surface area contributed by atoms with Gasteiger partial charge in [-0.05, 0) is 35.4 Å². The van der Waals surface area contributed by atoms with E-state index in [-0.39, 0.29) is 36.4 Å². The summed E-state index contributed by atoms with van der Waals surface area (Å²) >= 11 is 1.45. The highest BCUT2D eigenvalue weighted by atomic mass is 32.1. The van der Waals surface area contributed by atoms with Crippen molar-refractivity contribution in [3.05, 3.63) is 95.4 Å². The normalized spacial score (nSPS) is 11.3. The van der Waals surface area contributed by atoms with E-state index in [0.29, 0.717) is 30.0 Å². The molecule has 3 heterocycles. The monoisotopic (exact) mass is 604 g/mol. The number of Topliss-reactive ketones (excluding diaryl/α,β-unsaturated/α-hetero) is 2. The average Bonchev–Trinajstić information content (AvgIpc) is 3.57. The molecule has 0 aliphatic heterocycles. The number of nitrogens with one attached hydrogen (secondary N) is 1. The molecule has 0 aliphatic rings. The van der Waals surface area contributed by atoms with Crippen LogP contribution in [0.3, 0.4) is 0 Å². The first-order valence-electron chi connectivity index (χ1n) is 13.6. The molecule has 0 spiro atoms. The molecule has 0 atom stereocenters. The van der Waals surface area contributed by atoms with Crippen molar-refractivity contribution in [2.75, 3.05) is 20.3 Å². The standard InChI is InChI=1S/C32H30F2N4O4S/c1-38-22(18-35-11-12-41-2)19-37-32(38)30-17-27-31(43-30)29(9-10-36-27)42-28-8-7-20(14-26(28)34)13-23(39)16-24(40)15-21-5-3-4-6-25(21)33/h3-10,14,17,19,35H,11-13,15-16,18H2,1-2H3. The number of hydrogen-bond donors (Lipinski definition) is 1. The molecule has 11 heteroatoms. The van der Waals surface area contributed by atoms with Crippen molar-refractivity contribution >= 4 is 33.1 Å². The second-order valence-corrected chi connectivity index (χ2v) is 11.1. The molecule has 222 valence electrons. The molecule has 0 aliphatic carbocycles. The lowest BCUT2D eigenvalue weighted by molar-refractivity contribution is -0.126. The number of fused-ring (bicyclic) bond motifs is 1. The molecule has 0 fully saturated rings. The van der Waals surface area contributed by atoms with Gasteiger partial charge >= 0.3 is 0 Å². The van der Waals surface area contributed by atoms with Gasteiger partial charge in [-0.15, -0.1) is 11.3 Å². The summed E-state index contributed by atoms with van der Waals surface area (Å²) in [6.07, 6.45) is 2.77. The third-order valence-corrected chi connectivity index (χ3v) is 7.96. The molecule has 0 saturated carbocycles. The fraction of sp³-hybridized carbons (Fsp3) is 0.250. The van der Waals surface area contributed by atoms with E-state index in [1.165, 1.54) is 41.7 Å². The minimum Gasteiger partial charge on any atom is -0.453 e. The van der Waals surface area contributed by atoms with Crippen LogP contribution in [0.1, 0.15) is 23.2 Å². The summed E-state index contributed by atoms with van der Waals surface area (Å²) in [6.45, 7) is 2.00. The van der Waals surface area contributed by atoms with Crippen LogP contribution in [0.5, 0.6) is 11.5 Å². The van der Waals surface area contributed by atoms with Crippen molar-refractivity contribution in [1.82, 2.24) is 19.9 Å². The third-order valence-electron chi connectivity index (χ3n) is 6.83. The topological polar surface area (TPSA) is 95.3 Å². The number of carbonyl (C=O) groups excluding carboxylic acids is 2. The summed E-state index contributed by atoms with van der Waals surface area (Å²) < 4.78 is 42.7. The Morgan fingerprint density at radius 3 is 2.58 bits per heavy atom. The molecule has 0 bridgehead atoms. The summed E-state index contributed by atoms with van der Waals surface area (Å²) in [5.74, 6) is -0.676. The second-order valence-electron chi connectivity index (χ2n) is 10.0. The zero-order chi connectivity index (χ0) is 30.3. The van der Waals surface area contributed by atoms with E-state index < -0.39 is 17.4 Å². The fourth-order valence-electron chi connectivity index (χ4n) is 4.62. The average molecular weight is 605 g/mol. The van der Waals surface area contributed by atoms with Crippen LogP contribution in [0.2, 0.25) is 0 Å². The van der Waals surface area contributed by atoms with Crippen LogP contribution in [-0.4, -0.2) is 46.4 Å². The molecule has 0 saturated heterocycles. The Bertz CT molecular complexity index is 1770.